The minimum atomic E-state index is -0.234. The van der Waals surface area contributed by atoms with Crippen LogP contribution < -0.4 is 5.32 Å². The number of hydrogen-bond acceptors (Lipinski definition) is 1. The van der Waals surface area contributed by atoms with E-state index in [0.29, 0.717) is 25.8 Å². The van der Waals surface area contributed by atoms with Crippen molar-refractivity contribution in [2.75, 3.05) is 5.32 Å². The van der Waals surface area contributed by atoms with Crippen LogP contribution in [0.15, 0.2) is 45.3 Å². The number of anilines is 1. The van der Waals surface area contributed by atoms with Gasteiger partial charge in [-0.1, -0.05) is 23.2 Å². The van der Waals surface area contributed by atoms with E-state index in [2.05, 4.69) is 37.2 Å². The monoisotopic (exact) mass is 421 g/mol. The topological polar surface area (TPSA) is 29.1 Å². The fourth-order valence-electron chi connectivity index (χ4n) is 1.45. The summed E-state index contributed by atoms with van der Waals surface area (Å²) >= 11 is 18.4. The first-order chi connectivity index (χ1) is 8.97. The summed E-state index contributed by atoms with van der Waals surface area (Å²) in [6.07, 6.45) is 0. The van der Waals surface area contributed by atoms with Gasteiger partial charge in [-0.25, -0.2) is 0 Å². The largest absolute Gasteiger partial charge is 0.322 e. The summed E-state index contributed by atoms with van der Waals surface area (Å²) in [6, 6.07) is 10.2. The maximum Gasteiger partial charge on any atom is 0.256 e. The first kappa shape index (κ1) is 14.9. The van der Waals surface area contributed by atoms with Gasteiger partial charge in [-0.05, 0) is 68.3 Å². The molecule has 19 heavy (non-hydrogen) atoms. The Morgan fingerprint density at radius 2 is 1.74 bits per heavy atom. The predicted octanol–water partition coefficient (Wildman–Crippen LogP) is 5.77. The molecule has 0 radical (unpaired) electrons. The summed E-state index contributed by atoms with van der Waals surface area (Å²) in [4.78, 5) is 12.1. The second-order valence-electron chi connectivity index (χ2n) is 3.71. The van der Waals surface area contributed by atoms with Crippen molar-refractivity contribution in [3.8, 4) is 0 Å². The average molecular weight is 424 g/mol. The fraction of sp³-hybridized carbons (Fsp3) is 0. The Balaban J connectivity index is 2.23. The van der Waals surface area contributed by atoms with Gasteiger partial charge in [-0.15, -0.1) is 0 Å². The van der Waals surface area contributed by atoms with Gasteiger partial charge < -0.3 is 5.32 Å². The molecule has 0 atom stereocenters. The lowest BCUT2D eigenvalue weighted by Gasteiger charge is -2.08. The zero-order chi connectivity index (χ0) is 14.0. The molecule has 2 nitrogen and oxygen atoms in total. The van der Waals surface area contributed by atoms with Crippen LogP contribution in [0.25, 0.3) is 0 Å². The number of hydrogen-bond donors (Lipinski definition) is 1. The Labute approximate surface area is 137 Å². The van der Waals surface area contributed by atoms with Crippen LogP contribution in [0.5, 0.6) is 0 Å². The van der Waals surface area contributed by atoms with Gasteiger partial charge in [0.25, 0.3) is 5.91 Å². The molecule has 0 aliphatic carbocycles. The number of benzene rings is 2. The standard InChI is InChI=1S/C13H7Br2Cl2NO/c14-10-4-2-8(6-12(10)17)18-13(19)9-3-1-7(16)5-11(9)15/h1-6H,(H,18,19). The van der Waals surface area contributed by atoms with Gasteiger partial charge in [0.15, 0.2) is 0 Å². The van der Waals surface area contributed by atoms with E-state index in [9.17, 15) is 4.79 Å². The van der Waals surface area contributed by atoms with Crippen LogP contribution in [0.4, 0.5) is 5.69 Å². The fourth-order valence-corrected chi connectivity index (χ4v) is 2.74. The van der Waals surface area contributed by atoms with Crippen LogP contribution in [0.3, 0.4) is 0 Å². The number of nitrogens with one attached hydrogen (secondary N) is 1. The van der Waals surface area contributed by atoms with Crippen molar-refractivity contribution in [2.45, 2.75) is 0 Å². The van der Waals surface area contributed by atoms with Crippen molar-refractivity contribution >= 4 is 66.7 Å². The maximum absolute atomic E-state index is 12.1. The third-order valence-electron chi connectivity index (χ3n) is 2.35. The van der Waals surface area contributed by atoms with E-state index in [-0.39, 0.29) is 5.91 Å². The molecule has 1 amide bonds. The molecule has 0 bridgehead atoms. The summed E-state index contributed by atoms with van der Waals surface area (Å²) < 4.78 is 1.42. The lowest BCUT2D eigenvalue weighted by atomic mass is 10.2. The Hall–Kier alpha value is -0.550. The molecule has 0 spiro atoms. The lowest BCUT2D eigenvalue weighted by Crippen LogP contribution is -2.12. The molecule has 0 aliphatic rings. The third kappa shape index (κ3) is 3.72. The third-order valence-corrected chi connectivity index (χ3v) is 4.48. The Morgan fingerprint density at radius 1 is 1.00 bits per heavy atom. The number of halogens is 4. The quantitative estimate of drug-likeness (QED) is 0.652. The van der Waals surface area contributed by atoms with E-state index in [0.717, 1.165) is 4.47 Å². The van der Waals surface area contributed by atoms with Gasteiger partial charge >= 0.3 is 0 Å². The Bertz CT molecular complexity index is 647. The number of carbonyl (C=O) groups excluding carboxylic acids is 1. The van der Waals surface area contributed by atoms with Gasteiger partial charge in [-0.3, -0.25) is 4.79 Å². The molecule has 0 fully saturated rings. The summed E-state index contributed by atoms with van der Waals surface area (Å²) in [7, 11) is 0. The Kier molecular flexibility index (Phi) is 4.90. The minimum Gasteiger partial charge on any atom is -0.322 e. The van der Waals surface area contributed by atoms with Crippen molar-refractivity contribution in [2.24, 2.45) is 0 Å². The normalized spacial score (nSPS) is 10.3. The van der Waals surface area contributed by atoms with Crippen LogP contribution in [-0.2, 0) is 0 Å². The summed E-state index contributed by atoms with van der Waals surface area (Å²) in [5.41, 5.74) is 1.13. The Morgan fingerprint density at radius 3 is 2.37 bits per heavy atom. The van der Waals surface area contributed by atoms with Crippen LogP contribution in [-0.4, -0.2) is 5.91 Å². The molecule has 2 rings (SSSR count). The van der Waals surface area contributed by atoms with Gasteiger partial charge in [0.1, 0.15) is 0 Å². The van der Waals surface area contributed by atoms with Gasteiger partial charge in [0.2, 0.25) is 0 Å². The second-order valence-corrected chi connectivity index (χ2v) is 6.26. The van der Waals surface area contributed by atoms with Crippen LogP contribution in [0.1, 0.15) is 10.4 Å². The second kappa shape index (κ2) is 6.27. The zero-order valence-corrected chi connectivity index (χ0v) is 14.1. The van der Waals surface area contributed by atoms with E-state index in [4.69, 9.17) is 23.2 Å². The van der Waals surface area contributed by atoms with Crippen molar-refractivity contribution in [1.82, 2.24) is 0 Å². The van der Waals surface area contributed by atoms with E-state index in [1.54, 1.807) is 36.4 Å². The number of amides is 1. The molecule has 98 valence electrons. The summed E-state index contributed by atoms with van der Waals surface area (Å²) in [5.74, 6) is -0.234. The molecule has 0 aromatic heterocycles. The first-order valence-corrected chi connectivity index (χ1v) is 7.53. The molecular formula is C13H7Br2Cl2NO. The molecule has 6 heteroatoms. The van der Waals surface area contributed by atoms with Gasteiger partial charge in [0, 0.05) is 19.7 Å². The molecule has 0 heterocycles. The molecule has 1 N–H and O–H groups in total. The molecule has 0 unspecified atom stereocenters. The highest BCUT2D eigenvalue weighted by molar-refractivity contribution is 9.10. The SMILES string of the molecule is O=C(Nc1ccc(Br)c(Cl)c1)c1ccc(Cl)cc1Br. The van der Waals surface area contributed by atoms with Gasteiger partial charge in [0.05, 0.1) is 10.6 Å². The van der Waals surface area contributed by atoms with E-state index in [1.165, 1.54) is 0 Å². The zero-order valence-electron chi connectivity index (χ0n) is 9.38. The van der Waals surface area contributed by atoms with E-state index >= 15 is 0 Å². The van der Waals surface area contributed by atoms with Crippen molar-refractivity contribution < 1.29 is 4.79 Å². The minimum absolute atomic E-state index is 0.234. The van der Waals surface area contributed by atoms with Crippen LogP contribution in [0, 0.1) is 0 Å². The highest BCUT2D eigenvalue weighted by Crippen LogP contribution is 2.27. The molecular weight excluding hydrogens is 417 g/mol. The van der Waals surface area contributed by atoms with Crippen molar-refractivity contribution in [3.05, 3.63) is 61.0 Å². The molecule has 2 aromatic carbocycles. The average Bonchev–Trinajstić information content (AvgIpc) is 2.33. The van der Waals surface area contributed by atoms with Crippen molar-refractivity contribution in [3.63, 3.8) is 0 Å². The number of rotatable bonds is 2. The molecule has 0 aliphatic heterocycles. The van der Waals surface area contributed by atoms with E-state index < -0.39 is 0 Å². The highest BCUT2D eigenvalue weighted by Gasteiger charge is 2.11. The van der Waals surface area contributed by atoms with Crippen molar-refractivity contribution in [1.29, 1.82) is 0 Å². The summed E-state index contributed by atoms with van der Waals surface area (Å²) in [5, 5.41) is 3.87. The first-order valence-electron chi connectivity index (χ1n) is 5.19. The predicted molar refractivity (Wildman–Crippen MR) is 86.3 cm³/mol. The van der Waals surface area contributed by atoms with Gasteiger partial charge in [-0.2, -0.15) is 0 Å². The maximum atomic E-state index is 12.1. The number of carbonyl (C=O) groups is 1. The lowest BCUT2D eigenvalue weighted by molar-refractivity contribution is 0.102. The van der Waals surface area contributed by atoms with Crippen LogP contribution >= 0.6 is 55.1 Å². The molecule has 2 aromatic rings. The highest BCUT2D eigenvalue weighted by atomic mass is 79.9. The molecule has 0 saturated carbocycles. The van der Waals surface area contributed by atoms with Crippen LogP contribution in [0.2, 0.25) is 10.0 Å². The summed E-state index contributed by atoms with van der Waals surface area (Å²) in [6.45, 7) is 0. The smallest absolute Gasteiger partial charge is 0.256 e. The molecule has 0 saturated heterocycles. The van der Waals surface area contributed by atoms with E-state index in [1.807, 2.05) is 0 Å².